The Morgan fingerprint density at radius 2 is 2.05 bits per heavy atom. The Bertz CT molecular complexity index is 605. The van der Waals surface area contributed by atoms with E-state index in [1.54, 1.807) is 22.9 Å². The Morgan fingerprint density at radius 1 is 1.36 bits per heavy atom. The van der Waals surface area contributed by atoms with Gasteiger partial charge in [-0.05, 0) is 24.3 Å². The number of amides is 2. The van der Waals surface area contributed by atoms with Gasteiger partial charge < -0.3 is 14.9 Å². The van der Waals surface area contributed by atoms with Crippen LogP contribution in [0.25, 0.3) is 0 Å². The maximum absolute atomic E-state index is 12.4. The van der Waals surface area contributed by atoms with Crippen molar-refractivity contribution in [3.05, 3.63) is 22.4 Å². The highest BCUT2D eigenvalue weighted by molar-refractivity contribution is 7.12. The van der Waals surface area contributed by atoms with E-state index < -0.39 is 17.4 Å². The van der Waals surface area contributed by atoms with Crippen LogP contribution in [0, 0.1) is 5.92 Å². The second-order valence-electron chi connectivity index (χ2n) is 5.92. The summed E-state index contributed by atoms with van der Waals surface area (Å²) >= 11 is 1.40. The summed E-state index contributed by atoms with van der Waals surface area (Å²) in [7, 11) is 1.68. The minimum Gasteiger partial charge on any atom is -0.481 e. The molecular weight excluding hydrogens is 304 g/mol. The molecule has 1 aromatic heterocycles. The van der Waals surface area contributed by atoms with Crippen LogP contribution < -0.4 is 0 Å². The van der Waals surface area contributed by atoms with Gasteiger partial charge in [-0.1, -0.05) is 6.07 Å². The predicted octanol–water partition coefficient (Wildman–Crippen LogP) is 1.29. The zero-order chi connectivity index (χ0) is 15.9. The third-order valence-electron chi connectivity index (χ3n) is 5.02. The van der Waals surface area contributed by atoms with Gasteiger partial charge in [0, 0.05) is 26.6 Å². The molecule has 1 aromatic rings. The Morgan fingerprint density at radius 3 is 2.59 bits per heavy atom. The molecule has 3 rings (SSSR count). The highest BCUT2D eigenvalue weighted by Gasteiger charge is 2.55. The highest BCUT2D eigenvalue weighted by Crippen LogP contribution is 2.43. The number of likely N-dealkylation sites (tertiary alicyclic amines) is 2. The number of piperidine rings is 1. The number of carbonyl (C=O) groups is 3. The molecule has 1 spiro atoms. The molecule has 1 unspecified atom stereocenters. The molecule has 2 aliphatic heterocycles. The third-order valence-corrected chi connectivity index (χ3v) is 5.87. The van der Waals surface area contributed by atoms with Crippen molar-refractivity contribution < 1.29 is 19.5 Å². The molecule has 3 heterocycles. The van der Waals surface area contributed by atoms with Gasteiger partial charge in [-0.25, -0.2) is 0 Å². The molecule has 0 radical (unpaired) electrons. The van der Waals surface area contributed by atoms with Crippen molar-refractivity contribution in [1.29, 1.82) is 0 Å². The molecule has 6 nitrogen and oxygen atoms in total. The molecule has 118 valence electrons. The molecular formula is C15H18N2O4S. The van der Waals surface area contributed by atoms with Crippen LogP contribution in [0.15, 0.2) is 17.5 Å². The first-order valence-electron chi connectivity index (χ1n) is 7.28. The van der Waals surface area contributed by atoms with E-state index in [0.29, 0.717) is 30.8 Å². The lowest BCUT2D eigenvalue weighted by Crippen LogP contribution is -2.56. The van der Waals surface area contributed by atoms with Crippen LogP contribution in [0.5, 0.6) is 0 Å². The molecule has 2 fully saturated rings. The maximum atomic E-state index is 12.4. The molecule has 2 saturated heterocycles. The van der Waals surface area contributed by atoms with E-state index in [9.17, 15) is 19.5 Å². The fourth-order valence-electron chi connectivity index (χ4n) is 3.64. The largest absolute Gasteiger partial charge is 0.481 e. The summed E-state index contributed by atoms with van der Waals surface area (Å²) in [5.41, 5.74) is -0.644. The van der Waals surface area contributed by atoms with Gasteiger partial charge in [-0.15, -0.1) is 11.3 Å². The molecule has 1 atom stereocenters. The van der Waals surface area contributed by atoms with Crippen molar-refractivity contribution in [1.82, 2.24) is 9.80 Å². The van der Waals surface area contributed by atoms with E-state index in [0.717, 1.165) is 0 Å². The normalized spacial score (nSPS) is 24.0. The van der Waals surface area contributed by atoms with Crippen molar-refractivity contribution in [2.45, 2.75) is 24.8 Å². The Balaban J connectivity index is 1.76. The summed E-state index contributed by atoms with van der Waals surface area (Å²) in [5.74, 6) is -1.73. The van der Waals surface area contributed by atoms with Gasteiger partial charge in [0.25, 0.3) is 5.91 Å². The van der Waals surface area contributed by atoms with Crippen LogP contribution in [-0.4, -0.2) is 58.4 Å². The summed E-state index contributed by atoms with van der Waals surface area (Å²) in [6.07, 6.45) is 1.09. The van der Waals surface area contributed by atoms with Crippen LogP contribution in [-0.2, 0) is 9.59 Å². The van der Waals surface area contributed by atoms with Gasteiger partial charge in [0.15, 0.2) is 0 Å². The van der Waals surface area contributed by atoms with E-state index in [2.05, 4.69) is 0 Å². The number of carbonyl (C=O) groups excluding carboxylic acids is 2. The van der Waals surface area contributed by atoms with Gasteiger partial charge >= 0.3 is 5.97 Å². The fourth-order valence-corrected chi connectivity index (χ4v) is 4.33. The molecule has 1 N–H and O–H groups in total. The van der Waals surface area contributed by atoms with Crippen molar-refractivity contribution in [3.8, 4) is 0 Å². The van der Waals surface area contributed by atoms with Crippen LogP contribution in [0.1, 0.15) is 28.9 Å². The maximum Gasteiger partial charge on any atom is 0.309 e. The molecule has 0 saturated carbocycles. The molecule has 22 heavy (non-hydrogen) atoms. The van der Waals surface area contributed by atoms with Crippen LogP contribution in [0.4, 0.5) is 0 Å². The summed E-state index contributed by atoms with van der Waals surface area (Å²) in [6.45, 7) is 0.969. The van der Waals surface area contributed by atoms with Gasteiger partial charge in [0.1, 0.15) is 0 Å². The van der Waals surface area contributed by atoms with E-state index in [4.69, 9.17) is 0 Å². The summed E-state index contributed by atoms with van der Waals surface area (Å²) in [4.78, 5) is 39.9. The quantitative estimate of drug-likeness (QED) is 0.890. The average Bonchev–Trinajstić information content (AvgIpc) is 3.11. The number of rotatable bonds is 2. The van der Waals surface area contributed by atoms with Crippen molar-refractivity contribution >= 4 is 29.1 Å². The molecule has 2 aliphatic rings. The lowest BCUT2D eigenvalue weighted by molar-refractivity contribution is -0.145. The minimum absolute atomic E-state index is 0.0105. The lowest BCUT2D eigenvalue weighted by atomic mass is 9.77. The fraction of sp³-hybridized carbons (Fsp3) is 0.533. The van der Waals surface area contributed by atoms with Crippen LogP contribution in [0.2, 0.25) is 0 Å². The van der Waals surface area contributed by atoms with E-state index >= 15 is 0 Å². The second-order valence-corrected chi connectivity index (χ2v) is 6.87. The number of aliphatic carboxylic acids is 1. The topological polar surface area (TPSA) is 77.9 Å². The lowest BCUT2D eigenvalue weighted by Gasteiger charge is -2.45. The number of carboxylic acid groups (broad SMARTS) is 1. The Hall–Kier alpha value is -1.89. The van der Waals surface area contributed by atoms with Gasteiger partial charge in [-0.2, -0.15) is 0 Å². The summed E-state index contributed by atoms with van der Waals surface area (Å²) in [5, 5.41) is 11.3. The third kappa shape index (κ3) is 2.20. The number of nitrogens with zero attached hydrogens (tertiary/aromatic N) is 2. The minimum atomic E-state index is -0.921. The van der Waals surface area contributed by atoms with Crippen LogP contribution >= 0.6 is 11.3 Å². The zero-order valence-electron chi connectivity index (χ0n) is 12.3. The van der Waals surface area contributed by atoms with Gasteiger partial charge in [0.05, 0.1) is 16.3 Å². The molecule has 2 amide bonds. The Kier molecular flexibility index (Phi) is 3.68. The Labute approximate surface area is 132 Å². The van der Waals surface area contributed by atoms with Crippen LogP contribution in [0.3, 0.4) is 0 Å². The van der Waals surface area contributed by atoms with Gasteiger partial charge in [-0.3, -0.25) is 14.4 Å². The SMILES string of the molecule is CN1C(=O)CC(C(=O)O)C12CCN(C(=O)c1cccs1)CC2. The highest BCUT2D eigenvalue weighted by atomic mass is 32.1. The van der Waals surface area contributed by atoms with E-state index in [-0.39, 0.29) is 18.2 Å². The molecule has 0 bridgehead atoms. The zero-order valence-corrected chi connectivity index (χ0v) is 13.1. The average molecular weight is 322 g/mol. The van der Waals surface area contributed by atoms with Crippen molar-refractivity contribution in [2.75, 3.05) is 20.1 Å². The van der Waals surface area contributed by atoms with Gasteiger partial charge in [0.2, 0.25) is 5.91 Å². The molecule has 7 heteroatoms. The predicted molar refractivity (Wildman–Crippen MR) is 80.7 cm³/mol. The first-order valence-corrected chi connectivity index (χ1v) is 8.16. The van der Waals surface area contributed by atoms with Crippen molar-refractivity contribution in [2.24, 2.45) is 5.92 Å². The first kappa shape index (κ1) is 15.0. The standard InChI is InChI=1S/C15H18N2O4S/c1-16-12(18)9-10(14(20)21)15(16)4-6-17(7-5-15)13(19)11-3-2-8-22-11/h2-3,8,10H,4-7,9H2,1H3,(H,20,21). The number of carboxylic acids is 1. The second kappa shape index (κ2) is 5.39. The monoisotopic (exact) mass is 322 g/mol. The molecule has 0 aliphatic carbocycles. The summed E-state index contributed by atoms with van der Waals surface area (Å²) in [6, 6.07) is 3.63. The number of hydrogen-bond donors (Lipinski definition) is 1. The van der Waals surface area contributed by atoms with E-state index in [1.165, 1.54) is 11.3 Å². The summed E-state index contributed by atoms with van der Waals surface area (Å²) < 4.78 is 0. The van der Waals surface area contributed by atoms with Crippen molar-refractivity contribution in [3.63, 3.8) is 0 Å². The first-order chi connectivity index (χ1) is 10.5. The molecule has 0 aromatic carbocycles. The van der Waals surface area contributed by atoms with E-state index in [1.807, 2.05) is 11.4 Å². The number of thiophene rings is 1. The smallest absolute Gasteiger partial charge is 0.309 e. The number of hydrogen-bond acceptors (Lipinski definition) is 4.